The quantitative estimate of drug-likeness (QED) is 0.358. The highest BCUT2D eigenvalue weighted by Gasteiger charge is 2.37. The zero-order valence-corrected chi connectivity index (χ0v) is 26.9. The zero-order valence-electron chi connectivity index (χ0n) is 26.1. The van der Waals surface area contributed by atoms with Crippen molar-refractivity contribution in [3.8, 4) is 0 Å². The number of fused-ring (bicyclic) bond motifs is 1. The number of aliphatic imine (C=N–C) groups is 1. The molecule has 2 aliphatic heterocycles. The number of carbonyl (C=O) groups is 2. The van der Waals surface area contributed by atoms with E-state index in [0.29, 0.717) is 39.6 Å². The lowest BCUT2D eigenvalue weighted by molar-refractivity contribution is -0.138. The van der Waals surface area contributed by atoms with Crippen molar-refractivity contribution in [1.29, 1.82) is 0 Å². The van der Waals surface area contributed by atoms with Crippen molar-refractivity contribution < 1.29 is 37.7 Å². The molecule has 1 aromatic heterocycles. The predicted molar refractivity (Wildman–Crippen MR) is 169 cm³/mol. The molecule has 5 rings (SSSR count). The van der Waals surface area contributed by atoms with Gasteiger partial charge in [0.2, 0.25) is 0 Å². The summed E-state index contributed by atoms with van der Waals surface area (Å²) in [6, 6.07) is 8.58. The molecule has 1 atom stereocenters. The number of thioether (sulfide) groups is 1. The van der Waals surface area contributed by atoms with Gasteiger partial charge in [-0.15, -0.1) is 0 Å². The van der Waals surface area contributed by atoms with Gasteiger partial charge in [0.25, 0.3) is 5.91 Å². The Hall–Kier alpha value is -3.88. The summed E-state index contributed by atoms with van der Waals surface area (Å²) in [5.41, 5.74) is -1.45. The molecule has 246 valence electrons. The Morgan fingerprint density at radius 1 is 1.11 bits per heavy atom. The second-order valence-corrected chi connectivity index (χ2v) is 13.8. The number of nitrogens with zero attached hydrogens (tertiary/aromatic N) is 5. The summed E-state index contributed by atoms with van der Waals surface area (Å²) in [7, 11) is 0. The molecule has 2 aromatic carbocycles. The molecular weight excluding hydrogens is 623 g/mol. The van der Waals surface area contributed by atoms with Gasteiger partial charge in [-0.25, -0.2) is 4.79 Å². The summed E-state index contributed by atoms with van der Waals surface area (Å²) in [5.74, 6) is -0.417. The van der Waals surface area contributed by atoms with E-state index in [2.05, 4.69) is 10.1 Å². The average molecular weight is 660 g/mol. The van der Waals surface area contributed by atoms with E-state index in [-0.39, 0.29) is 30.8 Å². The highest BCUT2D eigenvalue weighted by atomic mass is 32.2. The minimum absolute atomic E-state index is 0.0182. The smallest absolute Gasteiger partial charge is 0.416 e. The standard InChI is InChI=1S/C32H36F3N5O5S/c1-30(2,3)45-29(43)39-11-10-38(17-23(39)18-41)28-37-27(42)26(46-28)13-19-6-9-25-21(12-19)15-36-40(25)16-20-7-8-22(31(4,5)44)14-24(20)32(33,34)35/h6-9,12-15,23,41,44H,10-11,16-18H2,1-5H3. The molecule has 1 saturated heterocycles. The van der Waals surface area contributed by atoms with E-state index >= 15 is 0 Å². The second-order valence-electron chi connectivity index (χ2n) is 12.8. The Bertz CT molecular complexity index is 1720. The van der Waals surface area contributed by atoms with Gasteiger partial charge in [-0.1, -0.05) is 18.2 Å². The van der Waals surface area contributed by atoms with Gasteiger partial charge in [0.1, 0.15) is 5.60 Å². The van der Waals surface area contributed by atoms with E-state index in [4.69, 9.17) is 4.74 Å². The molecule has 2 aliphatic rings. The fraction of sp³-hybridized carbons (Fsp3) is 0.438. The number of amides is 2. The second kappa shape index (κ2) is 12.4. The van der Waals surface area contributed by atoms with E-state index in [1.54, 1.807) is 51.2 Å². The van der Waals surface area contributed by atoms with E-state index in [1.807, 2.05) is 4.90 Å². The van der Waals surface area contributed by atoms with Crippen LogP contribution in [0.4, 0.5) is 18.0 Å². The Morgan fingerprint density at radius 3 is 2.50 bits per heavy atom. The first-order valence-corrected chi connectivity index (χ1v) is 15.5. The Kier molecular flexibility index (Phi) is 9.01. The largest absolute Gasteiger partial charge is 0.444 e. The van der Waals surface area contributed by atoms with Crippen LogP contribution >= 0.6 is 11.8 Å². The average Bonchev–Trinajstić information content (AvgIpc) is 3.53. The third-order valence-corrected chi connectivity index (χ3v) is 8.65. The van der Waals surface area contributed by atoms with Gasteiger partial charge in [-0.2, -0.15) is 23.3 Å². The molecule has 0 saturated carbocycles. The maximum Gasteiger partial charge on any atom is 0.416 e. The molecule has 0 bridgehead atoms. The molecule has 0 radical (unpaired) electrons. The van der Waals surface area contributed by atoms with Crippen LogP contribution in [0.25, 0.3) is 17.0 Å². The summed E-state index contributed by atoms with van der Waals surface area (Å²) in [6.07, 6.45) is -1.87. The molecule has 1 fully saturated rings. The summed E-state index contributed by atoms with van der Waals surface area (Å²) in [6.45, 7) is 8.76. The van der Waals surface area contributed by atoms with Crippen LogP contribution in [0.2, 0.25) is 0 Å². The summed E-state index contributed by atoms with van der Waals surface area (Å²) in [5, 5.41) is 25.7. The lowest BCUT2D eigenvalue weighted by Gasteiger charge is -2.41. The number of hydrogen-bond acceptors (Lipinski definition) is 8. The number of hydrogen-bond donors (Lipinski definition) is 2. The number of piperazine rings is 1. The van der Waals surface area contributed by atoms with Crippen LogP contribution < -0.4 is 0 Å². The highest BCUT2D eigenvalue weighted by molar-refractivity contribution is 8.18. The molecular formula is C32H36F3N5O5S. The predicted octanol–water partition coefficient (Wildman–Crippen LogP) is 5.21. The van der Waals surface area contributed by atoms with Crippen LogP contribution in [0.15, 0.2) is 52.5 Å². The van der Waals surface area contributed by atoms with Crippen molar-refractivity contribution in [1.82, 2.24) is 19.6 Å². The Balaban J connectivity index is 1.30. The van der Waals surface area contributed by atoms with Crippen molar-refractivity contribution in [2.45, 2.75) is 64.6 Å². The van der Waals surface area contributed by atoms with Gasteiger partial charge in [-0.05, 0) is 87.3 Å². The first-order chi connectivity index (χ1) is 21.4. The van der Waals surface area contributed by atoms with Gasteiger partial charge in [-0.3, -0.25) is 14.4 Å². The number of halogens is 3. The number of carbonyl (C=O) groups excluding carboxylic acids is 2. The monoisotopic (exact) mass is 659 g/mol. The van der Waals surface area contributed by atoms with Crippen molar-refractivity contribution in [2.24, 2.45) is 4.99 Å². The SMILES string of the molecule is CC(C)(C)OC(=O)N1CCN(C2=NC(=O)C(=Cc3ccc4c(cnn4Cc4ccc(C(C)(C)O)cc4C(F)(F)F)c3)S2)CC1CO. The van der Waals surface area contributed by atoms with Crippen LogP contribution in [-0.4, -0.2) is 84.8 Å². The number of aromatic nitrogens is 2. The number of amidine groups is 1. The summed E-state index contributed by atoms with van der Waals surface area (Å²) < 4.78 is 48.7. The van der Waals surface area contributed by atoms with Crippen LogP contribution in [0.3, 0.4) is 0 Å². The maximum atomic E-state index is 13.9. The van der Waals surface area contributed by atoms with Gasteiger partial charge in [0.05, 0.1) is 47.0 Å². The van der Waals surface area contributed by atoms with Gasteiger partial charge >= 0.3 is 12.3 Å². The number of ether oxygens (including phenoxy) is 1. The lowest BCUT2D eigenvalue weighted by Crippen LogP contribution is -2.58. The maximum absolute atomic E-state index is 13.9. The Morgan fingerprint density at radius 2 is 1.85 bits per heavy atom. The van der Waals surface area contributed by atoms with E-state index in [9.17, 15) is 33.0 Å². The van der Waals surface area contributed by atoms with Crippen LogP contribution in [-0.2, 0) is 27.9 Å². The topological polar surface area (TPSA) is 120 Å². The minimum atomic E-state index is -4.62. The van der Waals surface area contributed by atoms with Crippen molar-refractivity contribution >= 4 is 45.9 Å². The molecule has 2 N–H and O–H groups in total. The van der Waals surface area contributed by atoms with E-state index in [1.165, 1.54) is 47.3 Å². The van der Waals surface area contributed by atoms with E-state index < -0.39 is 41.0 Å². The minimum Gasteiger partial charge on any atom is -0.444 e. The van der Waals surface area contributed by atoms with Crippen molar-refractivity contribution in [3.05, 3.63) is 69.8 Å². The van der Waals surface area contributed by atoms with Crippen molar-refractivity contribution in [3.63, 3.8) is 0 Å². The zero-order chi connectivity index (χ0) is 33.6. The normalized spacial score (nSPS) is 18.9. The lowest BCUT2D eigenvalue weighted by atomic mass is 9.93. The molecule has 2 amide bonds. The van der Waals surface area contributed by atoms with Crippen LogP contribution in [0, 0.1) is 0 Å². The molecule has 0 spiro atoms. The fourth-order valence-corrected chi connectivity index (χ4v) is 6.22. The molecule has 1 unspecified atom stereocenters. The third-order valence-electron chi connectivity index (χ3n) is 7.61. The first-order valence-electron chi connectivity index (χ1n) is 14.7. The molecule has 3 aromatic rings. The molecule has 10 nitrogen and oxygen atoms in total. The molecule has 46 heavy (non-hydrogen) atoms. The number of aliphatic hydroxyl groups excluding tert-OH is 1. The number of rotatable bonds is 5. The molecule has 0 aliphatic carbocycles. The van der Waals surface area contributed by atoms with Crippen LogP contribution in [0.5, 0.6) is 0 Å². The number of alkyl halides is 3. The first kappa shape index (κ1) is 33.5. The Labute approximate surface area is 268 Å². The van der Waals surface area contributed by atoms with Gasteiger partial charge < -0.3 is 19.8 Å². The number of aliphatic hydroxyl groups is 2. The summed E-state index contributed by atoms with van der Waals surface area (Å²) in [4.78, 5) is 33.4. The summed E-state index contributed by atoms with van der Waals surface area (Å²) >= 11 is 1.20. The molecule has 3 heterocycles. The molecule has 14 heteroatoms. The highest BCUT2D eigenvalue weighted by Crippen LogP contribution is 2.36. The fourth-order valence-electron chi connectivity index (χ4n) is 5.27. The number of benzene rings is 2. The van der Waals surface area contributed by atoms with Crippen molar-refractivity contribution in [2.75, 3.05) is 26.2 Å². The van der Waals surface area contributed by atoms with Gasteiger partial charge in [0, 0.05) is 25.0 Å². The van der Waals surface area contributed by atoms with Gasteiger partial charge in [0.15, 0.2) is 5.17 Å². The third kappa shape index (κ3) is 7.39. The van der Waals surface area contributed by atoms with Crippen LogP contribution in [0.1, 0.15) is 56.9 Å². The van der Waals surface area contributed by atoms with E-state index in [0.717, 1.165) is 6.07 Å².